The van der Waals surface area contributed by atoms with Gasteiger partial charge >= 0.3 is 0 Å². The Balaban J connectivity index is 1.61. The minimum Gasteiger partial charge on any atom is -0.352 e. The second-order valence-corrected chi connectivity index (χ2v) is 6.37. The quantitative estimate of drug-likeness (QED) is 0.683. The first-order valence-corrected chi connectivity index (χ1v) is 8.80. The number of rotatable bonds is 6. The molecule has 1 heterocycles. The summed E-state index contributed by atoms with van der Waals surface area (Å²) in [7, 11) is 0. The van der Waals surface area contributed by atoms with E-state index in [2.05, 4.69) is 15.6 Å². The third-order valence-electron chi connectivity index (χ3n) is 3.94. The summed E-state index contributed by atoms with van der Waals surface area (Å²) in [5, 5.41) is 6.38. The molecule has 0 saturated carbocycles. The van der Waals surface area contributed by atoms with Crippen LogP contribution in [0.1, 0.15) is 21.5 Å². The van der Waals surface area contributed by atoms with Gasteiger partial charge in [0.15, 0.2) is 0 Å². The van der Waals surface area contributed by atoms with Crippen LogP contribution in [0.2, 0.25) is 5.02 Å². The van der Waals surface area contributed by atoms with Crippen molar-refractivity contribution in [2.24, 2.45) is 0 Å². The SMILES string of the molecule is O=C(Cc1ccc(Cl)cc1)NCc1ccccc1NC(=O)c1cccnc1. The summed E-state index contributed by atoms with van der Waals surface area (Å²) in [6.07, 6.45) is 3.38. The van der Waals surface area contributed by atoms with Gasteiger partial charge in [-0.25, -0.2) is 0 Å². The number of carbonyl (C=O) groups excluding carboxylic acids is 2. The fraction of sp³-hybridized carbons (Fsp3) is 0.0952. The average Bonchev–Trinajstić information content (AvgIpc) is 2.70. The van der Waals surface area contributed by atoms with Crippen molar-refractivity contribution in [3.63, 3.8) is 0 Å². The van der Waals surface area contributed by atoms with E-state index in [4.69, 9.17) is 11.6 Å². The van der Waals surface area contributed by atoms with Gasteiger partial charge in [-0.15, -0.1) is 0 Å². The van der Waals surface area contributed by atoms with Crippen molar-refractivity contribution in [2.75, 3.05) is 5.32 Å². The number of pyridine rings is 1. The molecule has 2 N–H and O–H groups in total. The zero-order chi connectivity index (χ0) is 19.1. The Hall–Kier alpha value is -3.18. The van der Waals surface area contributed by atoms with Crippen LogP contribution in [0.25, 0.3) is 0 Å². The molecule has 3 aromatic rings. The van der Waals surface area contributed by atoms with Gasteiger partial charge in [0.25, 0.3) is 5.91 Å². The number of aromatic nitrogens is 1. The van der Waals surface area contributed by atoms with Gasteiger partial charge in [0.2, 0.25) is 5.91 Å². The lowest BCUT2D eigenvalue weighted by molar-refractivity contribution is -0.120. The van der Waals surface area contributed by atoms with Gasteiger partial charge in [-0.05, 0) is 41.5 Å². The summed E-state index contributed by atoms with van der Waals surface area (Å²) in [5.41, 5.74) is 2.83. The lowest BCUT2D eigenvalue weighted by Crippen LogP contribution is -2.25. The Kier molecular flexibility index (Phi) is 6.18. The molecule has 5 nitrogen and oxygen atoms in total. The molecule has 0 aliphatic heterocycles. The third-order valence-corrected chi connectivity index (χ3v) is 4.20. The van der Waals surface area contributed by atoms with Crippen molar-refractivity contribution in [1.82, 2.24) is 10.3 Å². The minimum absolute atomic E-state index is 0.106. The van der Waals surface area contributed by atoms with E-state index in [0.717, 1.165) is 11.1 Å². The molecule has 136 valence electrons. The lowest BCUT2D eigenvalue weighted by atomic mass is 10.1. The van der Waals surface area contributed by atoms with Crippen molar-refractivity contribution >= 4 is 29.1 Å². The monoisotopic (exact) mass is 379 g/mol. The number of amides is 2. The largest absolute Gasteiger partial charge is 0.352 e. The van der Waals surface area contributed by atoms with Crippen molar-refractivity contribution in [3.8, 4) is 0 Å². The molecule has 2 amide bonds. The number of anilines is 1. The van der Waals surface area contributed by atoms with Crippen LogP contribution in [-0.2, 0) is 17.8 Å². The molecule has 1 aromatic heterocycles. The maximum absolute atomic E-state index is 12.3. The maximum Gasteiger partial charge on any atom is 0.257 e. The van der Waals surface area contributed by atoms with E-state index < -0.39 is 0 Å². The Morgan fingerprint density at radius 1 is 0.963 bits per heavy atom. The van der Waals surface area contributed by atoms with Crippen molar-refractivity contribution in [2.45, 2.75) is 13.0 Å². The highest BCUT2D eigenvalue weighted by molar-refractivity contribution is 6.30. The van der Waals surface area contributed by atoms with Crippen LogP contribution in [0.5, 0.6) is 0 Å². The van der Waals surface area contributed by atoms with Crippen LogP contribution in [-0.4, -0.2) is 16.8 Å². The van der Waals surface area contributed by atoms with E-state index in [0.29, 0.717) is 22.8 Å². The number of hydrogen-bond acceptors (Lipinski definition) is 3. The third kappa shape index (κ3) is 5.39. The molecule has 27 heavy (non-hydrogen) atoms. The molecular formula is C21H18ClN3O2. The molecule has 0 aliphatic rings. The summed E-state index contributed by atoms with van der Waals surface area (Å²) >= 11 is 5.85. The highest BCUT2D eigenvalue weighted by atomic mass is 35.5. The number of hydrogen-bond donors (Lipinski definition) is 2. The first-order chi connectivity index (χ1) is 13.1. The van der Waals surface area contributed by atoms with E-state index in [1.165, 1.54) is 6.20 Å². The van der Waals surface area contributed by atoms with Crippen LogP contribution in [0.3, 0.4) is 0 Å². The zero-order valence-corrected chi connectivity index (χ0v) is 15.2. The summed E-state index contributed by atoms with van der Waals surface area (Å²) < 4.78 is 0. The Morgan fingerprint density at radius 2 is 1.74 bits per heavy atom. The van der Waals surface area contributed by atoms with Gasteiger partial charge in [0.05, 0.1) is 12.0 Å². The molecule has 0 fully saturated rings. The number of nitrogens with zero attached hydrogens (tertiary/aromatic N) is 1. The molecule has 2 aromatic carbocycles. The highest BCUT2D eigenvalue weighted by Gasteiger charge is 2.10. The van der Waals surface area contributed by atoms with E-state index in [-0.39, 0.29) is 18.2 Å². The second kappa shape index (κ2) is 8.96. The normalized spacial score (nSPS) is 10.3. The predicted octanol–water partition coefficient (Wildman–Crippen LogP) is 3.85. The molecule has 0 unspecified atom stereocenters. The number of halogens is 1. The molecule has 0 spiro atoms. The smallest absolute Gasteiger partial charge is 0.257 e. The average molecular weight is 380 g/mol. The molecule has 0 aliphatic carbocycles. The predicted molar refractivity (Wildman–Crippen MR) is 106 cm³/mol. The van der Waals surface area contributed by atoms with Gasteiger partial charge in [0.1, 0.15) is 0 Å². The van der Waals surface area contributed by atoms with Gasteiger partial charge in [-0.2, -0.15) is 0 Å². The topological polar surface area (TPSA) is 71.1 Å². The number of nitrogens with one attached hydrogen (secondary N) is 2. The number of carbonyl (C=O) groups is 2. The van der Waals surface area contributed by atoms with E-state index in [9.17, 15) is 9.59 Å². The molecule has 3 rings (SSSR count). The Morgan fingerprint density at radius 3 is 2.48 bits per heavy atom. The standard InChI is InChI=1S/C21H18ClN3O2/c22-18-9-7-15(8-10-18)12-20(26)24-14-16-4-1-2-6-19(16)25-21(27)17-5-3-11-23-13-17/h1-11,13H,12,14H2,(H,24,26)(H,25,27). The van der Waals surface area contributed by atoms with Crippen molar-refractivity contribution in [3.05, 3.63) is 94.8 Å². The van der Waals surface area contributed by atoms with E-state index in [1.807, 2.05) is 30.3 Å². The Bertz CT molecular complexity index is 928. The first-order valence-electron chi connectivity index (χ1n) is 8.42. The lowest BCUT2D eigenvalue weighted by Gasteiger charge is -2.12. The number of para-hydroxylation sites is 1. The first kappa shape index (κ1) is 18.6. The molecule has 0 radical (unpaired) electrons. The summed E-state index contributed by atoms with van der Waals surface area (Å²) in [6.45, 7) is 0.315. The number of benzene rings is 2. The van der Waals surface area contributed by atoms with Gasteiger partial charge in [-0.3, -0.25) is 14.6 Å². The van der Waals surface area contributed by atoms with Crippen LogP contribution in [0, 0.1) is 0 Å². The van der Waals surface area contributed by atoms with Crippen LogP contribution in [0.4, 0.5) is 5.69 Å². The van der Waals surface area contributed by atoms with E-state index >= 15 is 0 Å². The Labute approximate surface area is 162 Å². The van der Waals surface area contributed by atoms with Gasteiger partial charge in [0, 0.05) is 29.6 Å². The summed E-state index contributed by atoms with van der Waals surface area (Å²) in [6, 6.07) is 17.9. The second-order valence-electron chi connectivity index (χ2n) is 5.93. The molecule has 0 atom stereocenters. The van der Waals surface area contributed by atoms with Gasteiger partial charge in [-0.1, -0.05) is 41.9 Å². The fourth-order valence-corrected chi connectivity index (χ4v) is 2.66. The van der Waals surface area contributed by atoms with Crippen LogP contribution >= 0.6 is 11.6 Å². The maximum atomic E-state index is 12.3. The zero-order valence-electron chi connectivity index (χ0n) is 14.5. The highest BCUT2D eigenvalue weighted by Crippen LogP contribution is 2.16. The van der Waals surface area contributed by atoms with Crippen molar-refractivity contribution in [1.29, 1.82) is 0 Å². The van der Waals surface area contributed by atoms with Crippen LogP contribution < -0.4 is 10.6 Å². The summed E-state index contributed by atoms with van der Waals surface area (Å²) in [4.78, 5) is 28.5. The minimum atomic E-state index is -0.247. The van der Waals surface area contributed by atoms with E-state index in [1.54, 1.807) is 36.5 Å². The van der Waals surface area contributed by atoms with Crippen LogP contribution in [0.15, 0.2) is 73.1 Å². The molecular weight excluding hydrogens is 362 g/mol. The van der Waals surface area contributed by atoms with Crippen molar-refractivity contribution < 1.29 is 9.59 Å². The molecule has 0 bridgehead atoms. The molecule has 0 saturated heterocycles. The fourth-order valence-electron chi connectivity index (χ4n) is 2.53. The molecule has 6 heteroatoms. The summed E-state index contributed by atoms with van der Waals surface area (Å²) in [5.74, 6) is -0.353. The van der Waals surface area contributed by atoms with Gasteiger partial charge < -0.3 is 10.6 Å².